The fraction of sp³-hybridized carbons (Fsp3) is 1.00. The zero-order valence-electron chi connectivity index (χ0n) is 14.4. The number of nitrogens with two attached hydrogens (primary N) is 1. The molecule has 0 aromatic heterocycles. The molecule has 2 N–H and O–H groups in total. The molecule has 124 valence electrons. The number of hydrogen-bond donors (Lipinski definition) is 1. The van der Waals surface area contributed by atoms with Gasteiger partial charge in [0.05, 0.1) is 0 Å². The molecule has 1 nitrogen and oxygen atoms in total. The summed E-state index contributed by atoms with van der Waals surface area (Å²) in [6.45, 7) is 7.98. The maximum atomic E-state index is 5.49. The molecule has 0 aliphatic rings. The lowest BCUT2D eigenvalue weighted by Crippen LogP contribution is -2.17. The first-order valence-electron chi connectivity index (χ1n) is 8.94. The minimum atomic E-state index is 0. The van der Waals surface area contributed by atoms with E-state index in [-0.39, 0.29) is 17.0 Å². The van der Waals surface area contributed by atoms with Crippen LogP contribution in [0.5, 0.6) is 0 Å². The standard InChI is InChI=1S/C18H39N.BrH/c1-4-18(5-2,6-3)16-14-12-10-8-7-9-11-13-15-17-19;/h4-17,19H2,1-3H3;1H. The Morgan fingerprint density at radius 2 is 0.950 bits per heavy atom. The molecule has 0 aromatic rings. The van der Waals surface area contributed by atoms with Crippen LogP contribution in [-0.2, 0) is 0 Å². The quantitative estimate of drug-likeness (QED) is 0.349. The van der Waals surface area contributed by atoms with E-state index in [0.717, 1.165) is 6.54 Å². The van der Waals surface area contributed by atoms with Crippen molar-refractivity contribution in [2.24, 2.45) is 11.1 Å². The van der Waals surface area contributed by atoms with E-state index in [9.17, 15) is 0 Å². The van der Waals surface area contributed by atoms with E-state index >= 15 is 0 Å². The van der Waals surface area contributed by atoms with Crippen LogP contribution in [-0.4, -0.2) is 6.54 Å². The molecule has 0 aromatic carbocycles. The van der Waals surface area contributed by atoms with Crippen molar-refractivity contribution in [2.75, 3.05) is 6.54 Å². The minimum absolute atomic E-state index is 0. The van der Waals surface area contributed by atoms with Gasteiger partial charge in [0, 0.05) is 0 Å². The lowest BCUT2D eigenvalue weighted by Gasteiger charge is -2.30. The van der Waals surface area contributed by atoms with Crippen LogP contribution in [0.2, 0.25) is 0 Å². The molecule has 0 amide bonds. The SMILES string of the molecule is Br.CCC(CC)(CC)CCCCCCCCCCCN. The summed E-state index contributed by atoms with van der Waals surface area (Å²) in [4.78, 5) is 0. The van der Waals surface area contributed by atoms with Gasteiger partial charge in [-0.3, -0.25) is 0 Å². The van der Waals surface area contributed by atoms with E-state index < -0.39 is 0 Å². The largest absolute Gasteiger partial charge is 0.330 e. The summed E-state index contributed by atoms with van der Waals surface area (Å²) >= 11 is 0. The highest BCUT2D eigenvalue weighted by Gasteiger charge is 2.22. The molecule has 0 spiro atoms. The fourth-order valence-electron chi connectivity index (χ4n) is 3.16. The number of rotatable bonds is 14. The second-order valence-electron chi connectivity index (χ2n) is 6.28. The van der Waals surface area contributed by atoms with Gasteiger partial charge in [-0.2, -0.15) is 0 Å². The summed E-state index contributed by atoms with van der Waals surface area (Å²) in [5, 5.41) is 0. The van der Waals surface area contributed by atoms with Crippen LogP contribution in [0.25, 0.3) is 0 Å². The van der Waals surface area contributed by atoms with Crippen molar-refractivity contribution in [1.29, 1.82) is 0 Å². The maximum Gasteiger partial charge on any atom is -0.00773 e. The third kappa shape index (κ3) is 11.1. The fourth-order valence-corrected chi connectivity index (χ4v) is 3.16. The maximum absolute atomic E-state index is 5.49. The Morgan fingerprint density at radius 3 is 1.30 bits per heavy atom. The van der Waals surface area contributed by atoms with Crippen molar-refractivity contribution >= 4 is 17.0 Å². The molecule has 0 bridgehead atoms. The number of halogens is 1. The normalized spacial score (nSPS) is 11.4. The summed E-state index contributed by atoms with van der Waals surface area (Å²) in [5.41, 5.74) is 6.15. The lowest BCUT2D eigenvalue weighted by atomic mass is 9.75. The smallest absolute Gasteiger partial charge is 0.00773 e. The Kier molecular flexibility index (Phi) is 18.0. The first-order chi connectivity index (χ1) is 9.24. The summed E-state index contributed by atoms with van der Waals surface area (Å²) in [7, 11) is 0. The van der Waals surface area contributed by atoms with Crippen LogP contribution in [0.1, 0.15) is 104 Å². The van der Waals surface area contributed by atoms with Crippen LogP contribution in [0.3, 0.4) is 0 Å². The second kappa shape index (κ2) is 15.8. The number of unbranched alkanes of at least 4 members (excludes halogenated alkanes) is 8. The monoisotopic (exact) mass is 349 g/mol. The second-order valence-corrected chi connectivity index (χ2v) is 6.28. The van der Waals surface area contributed by atoms with E-state index in [1.165, 1.54) is 83.5 Å². The molecule has 0 aliphatic carbocycles. The van der Waals surface area contributed by atoms with Gasteiger partial charge in [0.1, 0.15) is 0 Å². The lowest BCUT2D eigenvalue weighted by molar-refractivity contribution is 0.220. The van der Waals surface area contributed by atoms with E-state index in [2.05, 4.69) is 20.8 Å². The van der Waals surface area contributed by atoms with Crippen molar-refractivity contribution in [2.45, 2.75) is 104 Å². The van der Waals surface area contributed by atoms with Crippen molar-refractivity contribution in [3.05, 3.63) is 0 Å². The molecule has 0 heterocycles. The summed E-state index contributed by atoms with van der Waals surface area (Å²) in [5.74, 6) is 0. The zero-order chi connectivity index (χ0) is 14.4. The van der Waals surface area contributed by atoms with Crippen LogP contribution in [0, 0.1) is 5.41 Å². The topological polar surface area (TPSA) is 26.0 Å². The van der Waals surface area contributed by atoms with Gasteiger partial charge >= 0.3 is 0 Å². The highest BCUT2D eigenvalue weighted by atomic mass is 79.9. The first kappa shape index (κ1) is 22.7. The van der Waals surface area contributed by atoms with Gasteiger partial charge in [-0.05, 0) is 24.8 Å². The van der Waals surface area contributed by atoms with Gasteiger partial charge in [-0.15, -0.1) is 17.0 Å². The van der Waals surface area contributed by atoms with Crippen molar-refractivity contribution in [3.8, 4) is 0 Å². The van der Waals surface area contributed by atoms with Gasteiger partial charge in [-0.1, -0.05) is 91.4 Å². The molecule has 0 saturated heterocycles. The minimum Gasteiger partial charge on any atom is -0.330 e. The average molecular weight is 350 g/mol. The van der Waals surface area contributed by atoms with E-state index in [4.69, 9.17) is 5.73 Å². The van der Waals surface area contributed by atoms with E-state index in [0.29, 0.717) is 5.41 Å². The third-order valence-corrected chi connectivity index (χ3v) is 5.16. The predicted molar refractivity (Wildman–Crippen MR) is 98.9 cm³/mol. The molecule has 0 unspecified atom stereocenters. The summed E-state index contributed by atoms with van der Waals surface area (Å²) < 4.78 is 0. The van der Waals surface area contributed by atoms with E-state index in [1.54, 1.807) is 0 Å². The highest BCUT2D eigenvalue weighted by molar-refractivity contribution is 8.93. The van der Waals surface area contributed by atoms with Crippen LogP contribution in [0.15, 0.2) is 0 Å². The Balaban J connectivity index is 0. The molecular formula is C18H40BrN. The average Bonchev–Trinajstić information content (AvgIpc) is 2.46. The van der Waals surface area contributed by atoms with Gasteiger partial charge in [-0.25, -0.2) is 0 Å². The predicted octanol–water partition coefficient (Wildman–Crippen LogP) is 6.64. The van der Waals surface area contributed by atoms with Crippen molar-refractivity contribution in [1.82, 2.24) is 0 Å². The van der Waals surface area contributed by atoms with Crippen molar-refractivity contribution in [3.63, 3.8) is 0 Å². The Bertz CT molecular complexity index is 170. The van der Waals surface area contributed by atoms with Crippen LogP contribution in [0.4, 0.5) is 0 Å². The van der Waals surface area contributed by atoms with Crippen LogP contribution < -0.4 is 5.73 Å². The first-order valence-corrected chi connectivity index (χ1v) is 8.94. The highest BCUT2D eigenvalue weighted by Crippen LogP contribution is 2.36. The molecule has 0 aliphatic heterocycles. The zero-order valence-corrected chi connectivity index (χ0v) is 16.1. The van der Waals surface area contributed by atoms with Crippen LogP contribution >= 0.6 is 17.0 Å². The van der Waals surface area contributed by atoms with E-state index in [1.807, 2.05) is 0 Å². The third-order valence-electron chi connectivity index (χ3n) is 5.16. The van der Waals surface area contributed by atoms with Crippen molar-refractivity contribution < 1.29 is 0 Å². The number of hydrogen-bond acceptors (Lipinski definition) is 1. The van der Waals surface area contributed by atoms with Gasteiger partial charge < -0.3 is 5.73 Å². The molecule has 2 heteroatoms. The van der Waals surface area contributed by atoms with Gasteiger partial charge in [0.2, 0.25) is 0 Å². The molecule has 0 fully saturated rings. The molecule has 0 radical (unpaired) electrons. The summed E-state index contributed by atoms with van der Waals surface area (Å²) in [6, 6.07) is 0. The Morgan fingerprint density at radius 1 is 0.600 bits per heavy atom. The Labute approximate surface area is 139 Å². The summed E-state index contributed by atoms with van der Waals surface area (Å²) in [6.07, 6.45) is 18.1. The van der Waals surface area contributed by atoms with Gasteiger partial charge in [0.25, 0.3) is 0 Å². The molecular weight excluding hydrogens is 310 g/mol. The molecule has 20 heavy (non-hydrogen) atoms. The Hall–Kier alpha value is 0.440. The molecule has 0 atom stereocenters. The van der Waals surface area contributed by atoms with Gasteiger partial charge in [0.15, 0.2) is 0 Å². The molecule has 0 rings (SSSR count). The molecule has 0 saturated carbocycles.